The number of fused-ring (bicyclic) bond motifs is 1. The van der Waals surface area contributed by atoms with Crippen LogP contribution in [-0.4, -0.2) is 16.5 Å². The van der Waals surface area contributed by atoms with Gasteiger partial charge in [0.2, 0.25) is 0 Å². The number of rotatable bonds is 6. The molecule has 3 rings (SSSR count). The minimum absolute atomic E-state index is 0.941. The first-order chi connectivity index (χ1) is 10.3. The summed E-state index contributed by atoms with van der Waals surface area (Å²) in [6, 6.07) is 14.8. The zero-order valence-electron chi connectivity index (χ0n) is 12.1. The molecule has 0 unspecified atom stereocenters. The second kappa shape index (κ2) is 6.68. The lowest BCUT2D eigenvalue weighted by molar-refractivity contribution is 0.968. The maximum absolute atomic E-state index is 4.34. The summed E-state index contributed by atoms with van der Waals surface area (Å²) in [5.41, 5.74) is 2.48. The van der Waals surface area contributed by atoms with E-state index in [9.17, 15) is 0 Å². The fourth-order valence-electron chi connectivity index (χ4n) is 2.20. The van der Waals surface area contributed by atoms with E-state index in [0.29, 0.717) is 0 Å². The normalized spacial score (nSPS) is 10.9. The van der Waals surface area contributed by atoms with Gasteiger partial charge in [0, 0.05) is 29.4 Å². The van der Waals surface area contributed by atoms with Crippen LogP contribution in [0.15, 0.2) is 53.7 Å². The summed E-state index contributed by atoms with van der Waals surface area (Å²) in [6.07, 6.45) is 2.98. The average molecular weight is 297 g/mol. The minimum Gasteiger partial charge on any atom is -0.370 e. The summed E-state index contributed by atoms with van der Waals surface area (Å²) in [7, 11) is 0. The fourth-order valence-corrected chi connectivity index (χ4v) is 3.09. The Morgan fingerprint density at radius 3 is 2.95 bits per heavy atom. The molecule has 2 heterocycles. The van der Waals surface area contributed by atoms with Crippen LogP contribution in [0, 0.1) is 0 Å². The van der Waals surface area contributed by atoms with Gasteiger partial charge in [0.05, 0.1) is 5.03 Å². The fraction of sp³-hybridized carbons (Fsp3) is 0.235. The topological polar surface area (TPSA) is 40.7 Å². The van der Waals surface area contributed by atoms with Gasteiger partial charge < -0.3 is 10.3 Å². The molecular formula is C17H19N3S. The number of hydrogen-bond acceptors (Lipinski definition) is 3. The van der Waals surface area contributed by atoms with E-state index in [-0.39, 0.29) is 0 Å². The molecule has 0 fully saturated rings. The Morgan fingerprint density at radius 2 is 2.10 bits per heavy atom. The van der Waals surface area contributed by atoms with Gasteiger partial charge in [-0.3, -0.25) is 0 Å². The van der Waals surface area contributed by atoms with Gasteiger partial charge in [-0.2, -0.15) is 0 Å². The monoisotopic (exact) mass is 297 g/mol. The lowest BCUT2D eigenvalue weighted by Crippen LogP contribution is -2.01. The van der Waals surface area contributed by atoms with Crippen LogP contribution in [0.4, 0.5) is 5.82 Å². The average Bonchev–Trinajstić information content (AvgIpc) is 2.94. The molecule has 3 nitrogen and oxygen atoms in total. The van der Waals surface area contributed by atoms with Crippen molar-refractivity contribution >= 4 is 28.5 Å². The third-order valence-electron chi connectivity index (χ3n) is 3.28. The highest BCUT2D eigenvalue weighted by molar-refractivity contribution is 7.98. The van der Waals surface area contributed by atoms with E-state index in [0.717, 1.165) is 24.5 Å². The number of nitrogens with one attached hydrogen (secondary N) is 2. The predicted octanol–water partition coefficient (Wildman–Crippen LogP) is 4.68. The molecule has 2 N–H and O–H groups in total. The van der Waals surface area contributed by atoms with Crippen molar-refractivity contribution in [1.29, 1.82) is 0 Å². The van der Waals surface area contributed by atoms with Crippen LogP contribution < -0.4 is 5.32 Å². The molecule has 0 aliphatic rings. The first-order valence-corrected chi connectivity index (χ1v) is 8.23. The van der Waals surface area contributed by atoms with Gasteiger partial charge in [-0.15, -0.1) is 11.8 Å². The summed E-state index contributed by atoms with van der Waals surface area (Å²) in [5, 5.41) is 5.79. The molecule has 0 aliphatic carbocycles. The quantitative estimate of drug-likeness (QED) is 0.649. The predicted molar refractivity (Wildman–Crippen MR) is 90.9 cm³/mol. The number of H-pyrrole nitrogens is 1. The third kappa shape index (κ3) is 3.58. The van der Waals surface area contributed by atoms with E-state index in [4.69, 9.17) is 0 Å². The third-order valence-corrected chi connectivity index (χ3v) is 4.29. The van der Waals surface area contributed by atoms with E-state index in [1.54, 1.807) is 0 Å². The molecule has 0 saturated carbocycles. The van der Waals surface area contributed by atoms with Crippen molar-refractivity contribution in [3.8, 4) is 0 Å². The smallest absolute Gasteiger partial charge is 0.126 e. The number of pyridine rings is 1. The van der Waals surface area contributed by atoms with Crippen molar-refractivity contribution in [3.63, 3.8) is 0 Å². The number of aromatic nitrogens is 2. The van der Waals surface area contributed by atoms with Gasteiger partial charge in [0.15, 0.2) is 0 Å². The Hall–Kier alpha value is -1.94. The molecule has 108 valence electrons. The molecule has 21 heavy (non-hydrogen) atoms. The number of hydrogen-bond donors (Lipinski definition) is 2. The molecular weight excluding hydrogens is 278 g/mol. The summed E-state index contributed by atoms with van der Waals surface area (Å²) in [6.45, 7) is 3.12. The first-order valence-electron chi connectivity index (χ1n) is 7.24. The van der Waals surface area contributed by atoms with E-state index in [1.807, 2.05) is 18.0 Å². The summed E-state index contributed by atoms with van der Waals surface area (Å²) in [5.74, 6) is 1.91. The van der Waals surface area contributed by atoms with Gasteiger partial charge in [-0.1, -0.05) is 25.1 Å². The zero-order chi connectivity index (χ0) is 14.5. The van der Waals surface area contributed by atoms with Crippen molar-refractivity contribution in [1.82, 2.24) is 9.97 Å². The van der Waals surface area contributed by atoms with Crippen LogP contribution in [0.1, 0.15) is 18.9 Å². The van der Waals surface area contributed by atoms with Gasteiger partial charge in [0.1, 0.15) is 5.82 Å². The highest BCUT2D eigenvalue weighted by atomic mass is 32.2. The lowest BCUT2D eigenvalue weighted by atomic mass is 10.3. The van der Waals surface area contributed by atoms with Gasteiger partial charge in [-0.25, -0.2) is 4.98 Å². The second-order valence-corrected chi connectivity index (χ2v) is 6.00. The summed E-state index contributed by atoms with van der Waals surface area (Å²) >= 11 is 1.82. The Kier molecular flexibility index (Phi) is 4.46. The molecule has 0 bridgehead atoms. The van der Waals surface area contributed by atoms with E-state index in [2.05, 4.69) is 64.7 Å². The Balaban J connectivity index is 1.66. The van der Waals surface area contributed by atoms with Crippen LogP contribution in [0.2, 0.25) is 0 Å². The standard InChI is InChI=1S/C17H19N3S/c1-2-8-18-16-10-13(7-9-19-16)12-21-17-11-14-5-3-4-6-15(14)20-17/h3-7,9-11,20H,2,8,12H2,1H3,(H,18,19). The summed E-state index contributed by atoms with van der Waals surface area (Å²) in [4.78, 5) is 7.78. The molecule has 0 spiro atoms. The van der Waals surface area contributed by atoms with E-state index in [1.165, 1.54) is 21.5 Å². The molecule has 4 heteroatoms. The van der Waals surface area contributed by atoms with Crippen LogP contribution in [0.5, 0.6) is 0 Å². The first kappa shape index (κ1) is 14.0. The number of aromatic amines is 1. The Bertz CT molecular complexity index is 688. The van der Waals surface area contributed by atoms with Crippen LogP contribution >= 0.6 is 11.8 Å². The zero-order valence-corrected chi connectivity index (χ0v) is 12.9. The maximum Gasteiger partial charge on any atom is 0.126 e. The molecule has 0 amide bonds. The van der Waals surface area contributed by atoms with E-state index < -0.39 is 0 Å². The van der Waals surface area contributed by atoms with Crippen LogP contribution in [0.3, 0.4) is 0 Å². The van der Waals surface area contributed by atoms with Crippen molar-refractivity contribution < 1.29 is 0 Å². The molecule has 0 atom stereocenters. The van der Waals surface area contributed by atoms with Crippen molar-refractivity contribution in [3.05, 3.63) is 54.2 Å². The van der Waals surface area contributed by atoms with Gasteiger partial charge in [0.25, 0.3) is 0 Å². The molecule has 0 radical (unpaired) electrons. The highest BCUT2D eigenvalue weighted by Gasteiger charge is 2.02. The maximum atomic E-state index is 4.34. The molecule has 3 aromatic rings. The van der Waals surface area contributed by atoms with Gasteiger partial charge >= 0.3 is 0 Å². The molecule has 0 saturated heterocycles. The minimum atomic E-state index is 0.941. The lowest BCUT2D eigenvalue weighted by Gasteiger charge is -2.05. The summed E-state index contributed by atoms with van der Waals surface area (Å²) < 4.78 is 0. The number of nitrogens with zero attached hydrogens (tertiary/aromatic N) is 1. The van der Waals surface area contributed by atoms with Crippen LogP contribution in [-0.2, 0) is 5.75 Å². The van der Waals surface area contributed by atoms with Crippen molar-refractivity contribution in [2.45, 2.75) is 24.1 Å². The van der Waals surface area contributed by atoms with Crippen molar-refractivity contribution in [2.75, 3.05) is 11.9 Å². The Morgan fingerprint density at radius 1 is 1.19 bits per heavy atom. The number of benzene rings is 1. The number of para-hydroxylation sites is 1. The molecule has 2 aromatic heterocycles. The van der Waals surface area contributed by atoms with E-state index >= 15 is 0 Å². The number of anilines is 1. The second-order valence-electron chi connectivity index (χ2n) is 4.99. The van der Waals surface area contributed by atoms with Crippen LogP contribution in [0.25, 0.3) is 10.9 Å². The van der Waals surface area contributed by atoms with Crippen molar-refractivity contribution in [2.24, 2.45) is 0 Å². The Labute approximate surface area is 129 Å². The largest absolute Gasteiger partial charge is 0.370 e. The van der Waals surface area contributed by atoms with Gasteiger partial charge in [-0.05, 0) is 36.2 Å². The number of thioether (sulfide) groups is 1. The molecule has 1 aromatic carbocycles. The SMILES string of the molecule is CCCNc1cc(CSc2cc3ccccc3[nH]2)ccn1. The molecule has 0 aliphatic heterocycles. The highest BCUT2D eigenvalue weighted by Crippen LogP contribution is 2.26.